The average Bonchev–Trinajstić information content (AvgIpc) is 3.11. The number of ether oxygens (including phenoxy) is 2. The Bertz CT molecular complexity index is 1170. The normalized spacial score (nSPS) is 10.9. The van der Waals surface area contributed by atoms with E-state index in [1.165, 1.54) is 0 Å². The fourth-order valence-electron chi connectivity index (χ4n) is 3.68. The highest BCUT2D eigenvalue weighted by Crippen LogP contribution is 2.29. The number of carbonyl (C=O) groups is 1. The molecule has 0 unspecified atom stereocenters. The van der Waals surface area contributed by atoms with Gasteiger partial charge in [-0.15, -0.1) is 0 Å². The van der Waals surface area contributed by atoms with Crippen LogP contribution in [-0.4, -0.2) is 30.3 Å². The van der Waals surface area contributed by atoms with Crippen molar-refractivity contribution in [1.29, 1.82) is 0 Å². The molecular formula is C25H23NO4. The molecule has 5 nitrogen and oxygen atoms in total. The molecule has 0 spiro atoms. The molecule has 1 aromatic heterocycles. The zero-order valence-electron chi connectivity index (χ0n) is 16.9. The molecule has 0 atom stereocenters. The lowest BCUT2D eigenvalue weighted by molar-refractivity contribution is 0.0697. The average molecular weight is 401 g/mol. The van der Waals surface area contributed by atoms with Crippen molar-refractivity contribution in [3.63, 3.8) is 0 Å². The lowest BCUT2D eigenvalue weighted by Crippen LogP contribution is -1.97. The molecule has 30 heavy (non-hydrogen) atoms. The standard InChI is InChI=1S/C25H23NO4/c1-29-19-8-3-16(4-9-19)13-21-22-15-18(25(27)28)7-12-23(22)26-24(21)14-17-5-10-20(30-2)11-6-17/h3-12,15,26H,13-14H2,1-2H3,(H,27,28). The molecular weight excluding hydrogens is 378 g/mol. The van der Waals surface area contributed by atoms with Gasteiger partial charge in [0.25, 0.3) is 0 Å². The Hall–Kier alpha value is -3.73. The Labute approximate surface area is 174 Å². The minimum atomic E-state index is -0.926. The van der Waals surface area contributed by atoms with E-state index in [-0.39, 0.29) is 5.56 Å². The zero-order chi connectivity index (χ0) is 21.1. The zero-order valence-corrected chi connectivity index (χ0v) is 16.9. The predicted molar refractivity (Wildman–Crippen MR) is 117 cm³/mol. The summed E-state index contributed by atoms with van der Waals surface area (Å²) in [6, 6.07) is 21.2. The van der Waals surface area contributed by atoms with Gasteiger partial charge in [0, 0.05) is 23.0 Å². The largest absolute Gasteiger partial charge is 0.497 e. The van der Waals surface area contributed by atoms with Gasteiger partial charge < -0.3 is 19.6 Å². The second-order valence-corrected chi connectivity index (χ2v) is 7.20. The molecule has 1 heterocycles. The Balaban J connectivity index is 1.76. The van der Waals surface area contributed by atoms with Crippen LogP contribution in [-0.2, 0) is 12.8 Å². The molecule has 0 saturated carbocycles. The van der Waals surface area contributed by atoms with Crippen LogP contribution in [0.2, 0.25) is 0 Å². The Morgan fingerprint density at radius 3 is 1.93 bits per heavy atom. The molecule has 0 aliphatic rings. The molecule has 0 aliphatic heterocycles. The molecule has 0 aliphatic carbocycles. The van der Waals surface area contributed by atoms with Gasteiger partial charge in [-0.3, -0.25) is 0 Å². The first-order chi connectivity index (χ1) is 14.6. The van der Waals surface area contributed by atoms with E-state index in [0.29, 0.717) is 12.8 Å². The highest BCUT2D eigenvalue weighted by molar-refractivity contribution is 5.95. The number of aromatic amines is 1. The number of nitrogens with one attached hydrogen (secondary N) is 1. The van der Waals surface area contributed by atoms with Crippen LogP contribution in [0.5, 0.6) is 11.5 Å². The third-order valence-electron chi connectivity index (χ3n) is 5.32. The molecule has 3 aromatic carbocycles. The monoisotopic (exact) mass is 401 g/mol. The van der Waals surface area contributed by atoms with Gasteiger partial charge in [0.05, 0.1) is 19.8 Å². The first kappa shape index (κ1) is 19.6. The van der Waals surface area contributed by atoms with Gasteiger partial charge in [-0.1, -0.05) is 24.3 Å². The van der Waals surface area contributed by atoms with Gasteiger partial charge in [-0.2, -0.15) is 0 Å². The summed E-state index contributed by atoms with van der Waals surface area (Å²) >= 11 is 0. The van der Waals surface area contributed by atoms with Gasteiger partial charge in [-0.05, 0) is 65.6 Å². The number of hydrogen-bond donors (Lipinski definition) is 2. The number of carboxylic acid groups (broad SMARTS) is 1. The second-order valence-electron chi connectivity index (χ2n) is 7.20. The van der Waals surface area contributed by atoms with Crippen LogP contribution in [0.3, 0.4) is 0 Å². The maximum atomic E-state index is 11.5. The van der Waals surface area contributed by atoms with E-state index in [9.17, 15) is 9.90 Å². The molecule has 0 radical (unpaired) electrons. The number of hydrogen-bond acceptors (Lipinski definition) is 3. The number of rotatable bonds is 7. The van der Waals surface area contributed by atoms with Crippen LogP contribution >= 0.6 is 0 Å². The van der Waals surface area contributed by atoms with Gasteiger partial charge in [0.1, 0.15) is 11.5 Å². The molecule has 2 N–H and O–H groups in total. The number of methoxy groups -OCH3 is 2. The third-order valence-corrected chi connectivity index (χ3v) is 5.32. The third kappa shape index (κ3) is 4.01. The lowest BCUT2D eigenvalue weighted by atomic mass is 9.97. The van der Waals surface area contributed by atoms with E-state index < -0.39 is 5.97 Å². The quantitative estimate of drug-likeness (QED) is 0.454. The summed E-state index contributed by atoms with van der Waals surface area (Å²) in [4.78, 5) is 15.0. The summed E-state index contributed by atoms with van der Waals surface area (Å²) in [7, 11) is 3.30. The van der Waals surface area contributed by atoms with E-state index in [2.05, 4.69) is 4.98 Å². The number of fused-ring (bicyclic) bond motifs is 1. The maximum absolute atomic E-state index is 11.5. The number of H-pyrrole nitrogens is 1. The molecule has 4 aromatic rings. The van der Waals surface area contributed by atoms with Gasteiger partial charge in [-0.25, -0.2) is 4.79 Å². The van der Waals surface area contributed by atoms with Crippen molar-refractivity contribution in [3.8, 4) is 11.5 Å². The van der Waals surface area contributed by atoms with Crippen LogP contribution in [0.1, 0.15) is 32.7 Å². The molecule has 4 rings (SSSR count). The summed E-state index contributed by atoms with van der Waals surface area (Å²) in [5, 5.41) is 10.4. The van der Waals surface area contributed by atoms with Crippen LogP contribution < -0.4 is 9.47 Å². The summed E-state index contributed by atoms with van der Waals surface area (Å²) < 4.78 is 10.5. The first-order valence-corrected chi connectivity index (χ1v) is 9.70. The van der Waals surface area contributed by atoms with Crippen molar-refractivity contribution >= 4 is 16.9 Å². The summed E-state index contributed by atoms with van der Waals surface area (Å²) in [6.07, 6.45) is 1.41. The summed E-state index contributed by atoms with van der Waals surface area (Å²) in [5.74, 6) is 0.703. The molecule has 152 valence electrons. The lowest BCUT2D eigenvalue weighted by Gasteiger charge is -2.08. The highest BCUT2D eigenvalue weighted by Gasteiger charge is 2.15. The minimum Gasteiger partial charge on any atom is -0.497 e. The fraction of sp³-hybridized carbons (Fsp3) is 0.160. The number of carboxylic acids is 1. The first-order valence-electron chi connectivity index (χ1n) is 9.70. The smallest absolute Gasteiger partial charge is 0.335 e. The number of aromatic carboxylic acids is 1. The number of aromatic nitrogens is 1. The molecule has 0 bridgehead atoms. The van der Waals surface area contributed by atoms with Crippen molar-refractivity contribution in [2.45, 2.75) is 12.8 Å². The minimum absolute atomic E-state index is 0.286. The Morgan fingerprint density at radius 2 is 1.40 bits per heavy atom. The van der Waals surface area contributed by atoms with Crippen molar-refractivity contribution in [3.05, 3.63) is 94.7 Å². The number of benzene rings is 3. The summed E-state index contributed by atoms with van der Waals surface area (Å²) in [5.41, 5.74) is 5.69. The van der Waals surface area contributed by atoms with Crippen LogP contribution in [0, 0.1) is 0 Å². The van der Waals surface area contributed by atoms with E-state index in [1.54, 1.807) is 26.4 Å². The highest BCUT2D eigenvalue weighted by atomic mass is 16.5. The Kier molecular flexibility index (Phi) is 5.44. The second kappa shape index (κ2) is 8.33. The Morgan fingerprint density at radius 1 is 0.833 bits per heavy atom. The molecule has 5 heteroatoms. The van der Waals surface area contributed by atoms with E-state index in [0.717, 1.165) is 44.8 Å². The van der Waals surface area contributed by atoms with Crippen LogP contribution in [0.25, 0.3) is 10.9 Å². The molecule has 0 saturated heterocycles. The van der Waals surface area contributed by atoms with Crippen molar-refractivity contribution in [2.24, 2.45) is 0 Å². The summed E-state index contributed by atoms with van der Waals surface area (Å²) in [6.45, 7) is 0. The van der Waals surface area contributed by atoms with Crippen molar-refractivity contribution in [2.75, 3.05) is 14.2 Å². The van der Waals surface area contributed by atoms with Crippen molar-refractivity contribution in [1.82, 2.24) is 4.98 Å². The van der Waals surface area contributed by atoms with Crippen molar-refractivity contribution < 1.29 is 19.4 Å². The van der Waals surface area contributed by atoms with E-state index in [4.69, 9.17) is 9.47 Å². The molecule has 0 amide bonds. The van der Waals surface area contributed by atoms with Crippen LogP contribution in [0.4, 0.5) is 0 Å². The van der Waals surface area contributed by atoms with Crippen LogP contribution in [0.15, 0.2) is 66.7 Å². The van der Waals surface area contributed by atoms with Gasteiger partial charge in [0.2, 0.25) is 0 Å². The van der Waals surface area contributed by atoms with Gasteiger partial charge >= 0.3 is 5.97 Å². The van der Waals surface area contributed by atoms with Gasteiger partial charge in [0.15, 0.2) is 0 Å². The van der Waals surface area contributed by atoms with E-state index >= 15 is 0 Å². The SMILES string of the molecule is COc1ccc(Cc2[nH]c3ccc(C(=O)O)cc3c2Cc2ccc(OC)cc2)cc1. The maximum Gasteiger partial charge on any atom is 0.335 e. The fourth-order valence-corrected chi connectivity index (χ4v) is 3.68. The van der Waals surface area contributed by atoms with E-state index in [1.807, 2.05) is 54.6 Å². The predicted octanol–water partition coefficient (Wildman–Crippen LogP) is 5.06. The topological polar surface area (TPSA) is 71.6 Å². The molecule has 0 fully saturated rings.